The Labute approximate surface area is 67.0 Å². The minimum absolute atomic E-state index is 0.0417. The SMILES string of the molecule is CC(C)(C)C(CO)CC(=O)O. The van der Waals surface area contributed by atoms with E-state index in [1.165, 1.54) is 0 Å². The molecule has 0 rings (SSSR count). The van der Waals surface area contributed by atoms with Gasteiger partial charge in [0.15, 0.2) is 0 Å². The van der Waals surface area contributed by atoms with Gasteiger partial charge in [0.05, 0.1) is 6.42 Å². The highest BCUT2D eigenvalue weighted by atomic mass is 16.4. The molecule has 2 N–H and O–H groups in total. The number of rotatable bonds is 3. The normalized spacial score (nSPS) is 14.5. The number of carbonyl (C=O) groups is 1. The third-order valence-corrected chi connectivity index (χ3v) is 1.87. The molecule has 0 bridgehead atoms. The summed E-state index contributed by atoms with van der Waals surface area (Å²) in [5.41, 5.74) is -0.132. The summed E-state index contributed by atoms with van der Waals surface area (Å²) >= 11 is 0. The minimum Gasteiger partial charge on any atom is -0.481 e. The first-order valence-corrected chi connectivity index (χ1v) is 3.70. The fourth-order valence-corrected chi connectivity index (χ4v) is 0.855. The van der Waals surface area contributed by atoms with Crippen LogP contribution in [0.15, 0.2) is 0 Å². The molecule has 0 radical (unpaired) electrons. The monoisotopic (exact) mass is 160 g/mol. The van der Waals surface area contributed by atoms with Gasteiger partial charge in [-0.3, -0.25) is 4.79 Å². The maximum Gasteiger partial charge on any atom is 0.303 e. The summed E-state index contributed by atoms with van der Waals surface area (Å²) in [5, 5.41) is 17.3. The number of aliphatic carboxylic acids is 1. The Bertz CT molecular complexity index is 135. The van der Waals surface area contributed by atoms with E-state index in [0.29, 0.717) is 0 Å². The summed E-state index contributed by atoms with van der Waals surface area (Å²) < 4.78 is 0. The van der Waals surface area contributed by atoms with Crippen LogP contribution in [0.4, 0.5) is 0 Å². The second-order valence-electron chi connectivity index (χ2n) is 3.84. The van der Waals surface area contributed by atoms with Gasteiger partial charge in [-0.25, -0.2) is 0 Å². The van der Waals surface area contributed by atoms with Crippen LogP contribution < -0.4 is 0 Å². The molecular formula is C8H16O3. The van der Waals surface area contributed by atoms with E-state index in [9.17, 15) is 4.79 Å². The standard InChI is InChI=1S/C8H16O3/c1-8(2,3)6(5-9)4-7(10)11/h6,9H,4-5H2,1-3H3,(H,10,11). The maximum atomic E-state index is 10.3. The molecule has 0 fully saturated rings. The highest BCUT2D eigenvalue weighted by Gasteiger charge is 2.25. The van der Waals surface area contributed by atoms with Gasteiger partial charge in [-0.15, -0.1) is 0 Å². The van der Waals surface area contributed by atoms with Crippen LogP contribution in [0.3, 0.4) is 0 Å². The average Bonchev–Trinajstić information content (AvgIpc) is 1.79. The van der Waals surface area contributed by atoms with Crippen molar-refractivity contribution in [2.24, 2.45) is 11.3 Å². The molecule has 0 aliphatic carbocycles. The first-order valence-electron chi connectivity index (χ1n) is 3.70. The van der Waals surface area contributed by atoms with Gasteiger partial charge in [0, 0.05) is 6.61 Å². The van der Waals surface area contributed by atoms with Crippen LogP contribution in [0.1, 0.15) is 27.2 Å². The van der Waals surface area contributed by atoms with Gasteiger partial charge in [-0.2, -0.15) is 0 Å². The molecule has 11 heavy (non-hydrogen) atoms. The first-order chi connectivity index (χ1) is 4.88. The van der Waals surface area contributed by atoms with Crippen molar-refractivity contribution >= 4 is 5.97 Å². The number of carboxylic acid groups (broad SMARTS) is 1. The largest absolute Gasteiger partial charge is 0.481 e. The van der Waals surface area contributed by atoms with E-state index in [1.54, 1.807) is 0 Å². The molecule has 66 valence electrons. The molecule has 1 unspecified atom stereocenters. The first kappa shape index (κ1) is 10.4. The van der Waals surface area contributed by atoms with Gasteiger partial charge in [-0.05, 0) is 11.3 Å². The Morgan fingerprint density at radius 3 is 2.00 bits per heavy atom. The van der Waals surface area contributed by atoms with Crippen molar-refractivity contribution < 1.29 is 15.0 Å². The van der Waals surface area contributed by atoms with Crippen LogP contribution in [0.2, 0.25) is 0 Å². The summed E-state index contributed by atoms with van der Waals surface area (Å²) in [6, 6.07) is 0. The van der Waals surface area contributed by atoms with Crippen LogP contribution >= 0.6 is 0 Å². The molecule has 0 saturated heterocycles. The maximum absolute atomic E-state index is 10.3. The molecule has 0 aliphatic rings. The summed E-state index contributed by atoms with van der Waals surface area (Å²) in [7, 11) is 0. The Morgan fingerprint density at radius 1 is 1.45 bits per heavy atom. The molecule has 3 heteroatoms. The molecule has 0 heterocycles. The fraction of sp³-hybridized carbons (Fsp3) is 0.875. The quantitative estimate of drug-likeness (QED) is 0.650. The van der Waals surface area contributed by atoms with Crippen LogP contribution in [-0.4, -0.2) is 22.8 Å². The van der Waals surface area contributed by atoms with Gasteiger partial charge < -0.3 is 10.2 Å². The van der Waals surface area contributed by atoms with Gasteiger partial charge >= 0.3 is 5.97 Å². The Morgan fingerprint density at radius 2 is 1.91 bits per heavy atom. The summed E-state index contributed by atoms with van der Waals surface area (Å²) in [6.45, 7) is 5.72. The molecule has 0 aliphatic heterocycles. The molecule has 0 saturated carbocycles. The van der Waals surface area contributed by atoms with Crippen molar-refractivity contribution in [1.82, 2.24) is 0 Å². The smallest absolute Gasteiger partial charge is 0.303 e. The second kappa shape index (κ2) is 3.72. The number of aliphatic hydroxyl groups excluding tert-OH is 1. The van der Waals surface area contributed by atoms with Crippen molar-refractivity contribution in [3.8, 4) is 0 Å². The van der Waals surface area contributed by atoms with E-state index in [4.69, 9.17) is 10.2 Å². The van der Waals surface area contributed by atoms with Gasteiger partial charge in [-0.1, -0.05) is 20.8 Å². The van der Waals surface area contributed by atoms with Crippen LogP contribution in [-0.2, 0) is 4.79 Å². The molecule has 0 aromatic rings. The van der Waals surface area contributed by atoms with E-state index >= 15 is 0 Å². The Hall–Kier alpha value is -0.570. The lowest BCUT2D eigenvalue weighted by atomic mass is 9.79. The van der Waals surface area contributed by atoms with E-state index in [0.717, 1.165) is 0 Å². The van der Waals surface area contributed by atoms with E-state index in [2.05, 4.69) is 0 Å². The number of carboxylic acids is 1. The molecule has 1 atom stereocenters. The molecule has 0 spiro atoms. The Kier molecular flexibility index (Phi) is 3.52. The lowest BCUT2D eigenvalue weighted by molar-refractivity contribution is -0.139. The van der Waals surface area contributed by atoms with Crippen molar-refractivity contribution in [3.05, 3.63) is 0 Å². The third kappa shape index (κ3) is 3.98. The number of hydrogen-bond acceptors (Lipinski definition) is 2. The summed E-state index contributed by atoms with van der Waals surface area (Å²) in [5.74, 6) is -1.00. The molecular weight excluding hydrogens is 144 g/mol. The lowest BCUT2D eigenvalue weighted by Crippen LogP contribution is -2.26. The van der Waals surface area contributed by atoms with E-state index in [-0.39, 0.29) is 24.4 Å². The van der Waals surface area contributed by atoms with Gasteiger partial charge in [0.1, 0.15) is 0 Å². The van der Waals surface area contributed by atoms with E-state index < -0.39 is 5.97 Å². The van der Waals surface area contributed by atoms with Gasteiger partial charge in [0.2, 0.25) is 0 Å². The molecule has 0 amide bonds. The third-order valence-electron chi connectivity index (χ3n) is 1.87. The van der Waals surface area contributed by atoms with Gasteiger partial charge in [0.25, 0.3) is 0 Å². The van der Waals surface area contributed by atoms with Crippen LogP contribution in [0, 0.1) is 11.3 Å². The second-order valence-corrected chi connectivity index (χ2v) is 3.84. The molecule has 3 nitrogen and oxygen atoms in total. The fourth-order valence-electron chi connectivity index (χ4n) is 0.855. The highest BCUT2D eigenvalue weighted by molar-refractivity contribution is 5.67. The van der Waals surface area contributed by atoms with E-state index in [1.807, 2.05) is 20.8 Å². The van der Waals surface area contributed by atoms with Crippen LogP contribution in [0.25, 0.3) is 0 Å². The highest BCUT2D eigenvalue weighted by Crippen LogP contribution is 2.27. The topological polar surface area (TPSA) is 57.5 Å². The van der Waals surface area contributed by atoms with Crippen LogP contribution in [0.5, 0.6) is 0 Å². The van der Waals surface area contributed by atoms with Crippen molar-refractivity contribution in [1.29, 1.82) is 0 Å². The molecule has 0 aromatic heterocycles. The zero-order valence-electron chi connectivity index (χ0n) is 7.29. The zero-order valence-corrected chi connectivity index (χ0v) is 7.29. The zero-order chi connectivity index (χ0) is 9.07. The summed E-state index contributed by atoms with van der Waals surface area (Å²) in [4.78, 5) is 10.3. The lowest BCUT2D eigenvalue weighted by Gasteiger charge is -2.27. The number of hydrogen-bond donors (Lipinski definition) is 2. The van der Waals surface area contributed by atoms with Crippen molar-refractivity contribution in [2.75, 3.05) is 6.61 Å². The van der Waals surface area contributed by atoms with Crippen molar-refractivity contribution in [3.63, 3.8) is 0 Å². The van der Waals surface area contributed by atoms with Crippen molar-refractivity contribution in [2.45, 2.75) is 27.2 Å². The average molecular weight is 160 g/mol. The minimum atomic E-state index is -0.848. The predicted molar refractivity (Wildman–Crippen MR) is 42.3 cm³/mol. The summed E-state index contributed by atoms with van der Waals surface area (Å²) in [6.07, 6.45) is 0.0417. The Balaban J connectivity index is 4.07. The number of aliphatic hydroxyl groups is 1. The molecule has 0 aromatic carbocycles. The predicted octanol–water partition coefficient (Wildman–Crippen LogP) is 1.12.